The molecule has 8 fully saturated rings. The normalized spacial score (nSPS) is 30.4. The monoisotopic (exact) mass is 1430 g/mol. The number of ether oxygens (including phenoxy) is 4. The second-order valence-corrected chi connectivity index (χ2v) is 31.3. The van der Waals surface area contributed by atoms with Gasteiger partial charge < -0.3 is 50.2 Å². The molecule has 4 amide bonds. The third-order valence-electron chi connectivity index (χ3n) is 23.3. The molecule has 10 aliphatic rings. The number of nitrogens with one attached hydrogen (secondary N) is 2. The van der Waals surface area contributed by atoms with E-state index in [2.05, 4.69) is 48.3 Å². The molecule has 4 aromatic rings. The van der Waals surface area contributed by atoms with Crippen LogP contribution in [0.25, 0.3) is 0 Å². The Kier molecular flexibility index (Phi) is 21.4. The van der Waals surface area contributed by atoms with E-state index in [0.29, 0.717) is 125 Å². The predicted molar refractivity (Wildman–Crippen MR) is 362 cm³/mol. The summed E-state index contributed by atoms with van der Waals surface area (Å²) in [4.78, 5) is 92.4. The van der Waals surface area contributed by atoms with Gasteiger partial charge in [-0.25, -0.2) is 18.7 Å². The molecule has 4 spiro atoms. The van der Waals surface area contributed by atoms with E-state index in [4.69, 9.17) is 71.1 Å². The van der Waals surface area contributed by atoms with E-state index in [-0.39, 0.29) is 105 Å². The maximum absolute atomic E-state index is 16.2. The zero-order valence-electron chi connectivity index (χ0n) is 54.6. The Labute approximate surface area is 585 Å². The van der Waals surface area contributed by atoms with Crippen LogP contribution >= 0.6 is 58.8 Å². The molecule has 14 rings (SSSR count). The number of carboxylic acid groups (broad SMARTS) is 1. The maximum Gasteiger partial charge on any atom is 0.307 e. The number of anilines is 2. The van der Waals surface area contributed by atoms with Gasteiger partial charge in [-0.3, -0.25) is 28.8 Å². The highest BCUT2D eigenvalue weighted by atomic mass is 35.5. The van der Waals surface area contributed by atoms with Gasteiger partial charge in [0, 0.05) is 90.2 Å². The van der Waals surface area contributed by atoms with E-state index in [0.717, 1.165) is 56.9 Å². The van der Waals surface area contributed by atoms with Gasteiger partial charge in [-0.2, -0.15) is 0 Å². The average molecular weight is 1430 g/mol. The highest BCUT2D eigenvalue weighted by molar-refractivity contribution is 6.32. The summed E-state index contributed by atoms with van der Waals surface area (Å²) >= 11 is 25.0. The van der Waals surface area contributed by atoms with Crippen LogP contribution in [0, 0.1) is 51.0 Å². The van der Waals surface area contributed by atoms with Crippen molar-refractivity contribution in [3.8, 4) is 0 Å². The van der Waals surface area contributed by atoms with Gasteiger partial charge in [-0.05, 0) is 176 Å². The van der Waals surface area contributed by atoms with Crippen LogP contribution in [0.2, 0.25) is 20.4 Å². The van der Waals surface area contributed by atoms with Gasteiger partial charge in [0.05, 0.1) is 56.4 Å². The number of nitrogens with two attached hydrogens (primary N) is 1. The first kappa shape index (κ1) is 72.1. The Balaban J connectivity index is 0.000000165. The molecule has 6 aliphatic heterocycles. The van der Waals surface area contributed by atoms with Crippen molar-refractivity contribution < 1.29 is 61.6 Å². The number of fused-ring (bicyclic) bond motifs is 6. The molecule has 520 valence electrons. The zero-order chi connectivity index (χ0) is 67.6. The standard InChI is InChI=1S/C36H42Cl2FN3O5.C25H25Cl2FN2O3.C10H18N2O3.ClH/c1-34(2)8-10-35(11-9-34)19-24(27(43)17-21-3-6-28(47-20-21)32(44)42-13-15-46-16-14-42)29(23-7-12-40-31(38)30(23)39)36(35)25-5-4-22(37)18-26(25)41-33(36)45;1-23(2)6-8-24(9-7-23)12-15(21(31)32)18(14-5-10-29-20(27)19(14)28)25(24)16-4-3-13(26)11-17(16)30-22(25)33;11-8-1-2-9(15-7-8)10(13)12-3-5-14-6-4-12;/h4-5,7,12,18,21,24,28-29H,3,6,8-11,13-17,19-20H2,1-2H3,(H,41,45);3-5,10-11,15,18H,6-9,12H2,1-2H3,(H,30,33)(H,31,32);8-9H,1-7,11H2;1H/t21-,24-,28-,29-,36+;15-,18+,25-;8-,9+;/m011./s1. The SMILES string of the molecule is CC1(C)CCC2(CC1)C[C@@H](C(=O)C[C@@H]1CC[C@@H](C(=O)N3CCOCC3)OC1)[C@H](c1ccnc(Cl)c1F)[C@]21C(=O)Nc2cc(Cl)ccc21.CC1(C)CCC2(CC1)C[C@@H](C(=O)O)[C@H](c1ccnc(Cl)c1F)[C@]21C(=O)Nc2cc(Cl)ccc21.Cl.N[C@@H]1CC[C@@H](C(=O)N2CCOCC2)OC1. The van der Waals surface area contributed by atoms with Crippen molar-refractivity contribution in [2.45, 2.75) is 165 Å². The Bertz CT molecular complexity index is 3610. The van der Waals surface area contributed by atoms with Gasteiger partial charge >= 0.3 is 5.97 Å². The maximum atomic E-state index is 16.2. The first-order valence-electron chi connectivity index (χ1n) is 33.6. The molecular weight excluding hydrogens is 1340 g/mol. The van der Waals surface area contributed by atoms with Crippen LogP contribution in [-0.2, 0) is 58.5 Å². The summed E-state index contributed by atoms with van der Waals surface area (Å²) in [6.45, 7) is 14.5. The summed E-state index contributed by atoms with van der Waals surface area (Å²) in [5, 5.41) is 16.8. The number of rotatable bonds is 8. The minimum atomic E-state index is -1.25. The molecule has 0 radical (unpaired) electrons. The van der Waals surface area contributed by atoms with E-state index in [1.165, 1.54) is 18.5 Å². The van der Waals surface area contributed by atoms with Crippen LogP contribution in [0.3, 0.4) is 0 Å². The summed E-state index contributed by atoms with van der Waals surface area (Å²) in [5.74, 6) is -6.32. The van der Waals surface area contributed by atoms with Crippen molar-refractivity contribution >= 4 is 106 Å². The van der Waals surface area contributed by atoms with Crippen molar-refractivity contribution in [1.82, 2.24) is 19.8 Å². The Morgan fingerprint density at radius 3 is 1.43 bits per heavy atom. The number of hydrogen-bond acceptors (Lipinski definition) is 13. The number of benzene rings is 2. The topological polar surface area (TPSA) is 242 Å². The van der Waals surface area contributed by atoms with Crippen LogP contribution in [0.15, 0.2) is 60.9 Å². The molecule has 2 aromatic heterocycles. The molecule has 18 nitrogen and oxygen atoms in total. The first-order chi connectivity index (χ1) is 45.2. The Morgan fingerprint density at radius 2 is 1.02 bits per heavy atom. The highest BCUT2D eigenvalue weighted by Gasteiger charge is 2.74. The predicted octanol–water partition coefficient (Wildman–Crippen LogP) is 12.7. The third kappa shape index (κ3) is 13.1. The number of hydrogen-bond donors (Lipinski definition) is 4. The summed E-state index contributed by atoms with van der Waals surface area (Å²) in [5.41, 5.74) is 5.22. The molecule has 4 saturated heterocycles. The molecule has 8 heterocycles. The van der Waals surface area contributed by atoms with E-state index < -0.39 is 69.0 Å². The summed E-state index contributed by atoms with van der Waals surface area (Å²) in [6.07, 6.45) is 12.1. The number of nitrogens with zero attached hydrogens (tertiary/aromatic N) is 4. The van der Waals surface area contributed by atoms with Gasteiger partial charge in [-0.1, -0.05) is 86.2 Å². The number of carbonyl (C=O) groups excluding carboxylic acids is 5. The molecule has 4 saturated carbocycles. The number of aliphatic carboxylic acids is 1. The van der Waals surface area contributed by atoms with Gasteiger partial charge in [0.15, 0.2) is 21.9 Å². The van der Waals surface area contributed by atoms with Crippen molar-refractivity contribution in [3.63, 3.8) is 0 Å². The van der Waals surface area contributed by atoms with Crippen molar-refractivity contribution in [2.75, 3.05) is 76.5 Å². The smallest absolute Gasteiger partial charge is 0.307 e. The summed E-state index contributed by atoms with van der Waals surface area (Å²) < 4.78 is 53.7. The zero-order valence-corrected chi connectivity index (χ0v) is 58.5. The summed E-state index contributed by atoms with van der Waals surface area (Å²) in [6, 6.07) is 13.8. The van der Waals surface area contributed by atoms with Crippen LogP contribution < -0.4 is 16.4 Å². The number of morpholine rings is 2. The van der Waals surface area contributed by atoms with Gasteiger partial charge in [0.25, 0.3) is 11.8 Å². The van der Waals surface area contributed by atoms with Gasteiger partial charge in [0.2, 0.25) is 11.8 Å². The minimum absolute atomic E-state index is 0. The van der Waals surface area contributed by atoms with Crippen molar-refractivity contribution in [1.29, 1.82) is 0 Å². The van der Waals surface area contributed by atoms with E-state index in [1.54, 1.807) is 41.3 Å². The van der Waals surface area contributed by atoms with Crippen LogP contribution in [0.5, 0.6) is 0 Å². The fourth-order valence-electron chi connectivity index (χ4n) is 18.3. The number of pyridine rings is 2. The van der Waals surface area contributed by atoms with Crippen molar-refractivity contribution in [2.24, 2.45) is 45.1 Å². The Morgan fingerprint density at radius 1 is 0.604 bits per heavy atom. The Hall–Kier alpha value is -5.13. The molecule has 96 heavy (non-hydrogen) atoms. The number of amides is 4. The number of carboxylic acids is 1. The van der Waals surface area contributed by atoms with Crippen LogP contribution in [0.4, 0.5) is 20.2 Å². The van der Waals surface area contributed by atoms with Crippen LogP contribution in [-0.4, -0.2) is 144 Å². The largest absolute Gasteiger partial charge is 0.481 e. The molecule has 4 aliphatic carbocycles. The van der Waals surface area contributed by atoms with Gasteiger partial charge in [0.1, 0.15) is 18.0 Å². The quantitative estimate of drug-likeness (QED) is 0.120. The van der Waals surface area contributed by atoms with Crippen molar-refractivity contribution in [3.05, 3.63) is 115 Å². The van der Waals surface area contributed by atoms with Crippen LogP contribution in [0.1, 0.15) is 158 Å². The lowest BCUT2D eigenvalue weighted by Crippen LogP contribution is -2.52. The van der Waals surface area contributed by atoms with E-state index >= 15 is 8.78 Å². The van der Waals surface area contributed by atoms with Gasteiger partial charge in [-0.15, -0.1) is 12.4 Å². The fraction of sp³-hybridized carbons (Fsp3) is 0.606. The van der Waals surface area contributed by atoms with E-state index in [9.17, 15) is 33.9 Å². The first-order valence-corrected chi connectivity index (χ1v) is 35.1. The summed E-state index contributed by atoms with van der Waals surface area (Å²) in [7, 11) is 0. The molecule has 10 atom stereocenters. The molecular formula is C71H86Cl5F2N7O11. The third-order valence-corrected chi connectivity index (χ3v) is 24.3. The number of halogens is 7. The number of aromatic nitrogens is 2. The molecule has 0 bridgehead atoms. The second kappa shape index (κ2) is 28.5. The molecule has 5 N–H and O–H groups in total. The number of Topliss-reactive ketones (excluding diaryl/α,β-unsaturated/α-hetero) is 1. The highest BCUT2D eigenvalue weighted by Crippen LogP contribution is 2.74. The molecule has 0 unspecified atom stereocenters. The second-order valence-electron chi connectivity index (χ2n) is 29.7. The molecule has 25 heteroatoms. The van der Waals surface area contributed by atoms with E-state index in [1.807, 2.05) is 11.0 Å². The lowest BCUT2D eigenvalue weighted by molar-refractivity contribution is -0.153. The molecule has 2 aromatic carbocycles. The minimum Gasteiger partial charge on any atom is -0.481 e. The average Bonchev–Trinajstić information content (AvgIpc) is 1.51. The number of carbonyl (C=O) groups is 6. The lowest BCUT2D eigenvalue weighted by atomic mass is 9.51. The fourth-order valence-corrected chi connectivity index (χ4v) is 18.9. The lowest BCUT2D eigenvalue weighted by Gasteiger charge is -2.51. The number of ketones is 1.